The van der Waals surface area contributed by atoms with Gasteiger partial charge in [0.2, 0.25) is 0 Å². The first-order valence-electron chi connectivity index (χ1n) is 10.5. The normalized spacial score (nSPS) is 10.4. The van der Waals surface area contributed by atoms with Gasteiger partial charge in [0.25, 0.3) is 0 Å². The van der Waals surface area contributed by atoms with Gasteiger partial charge in [-0.05, 0) is 11.8 Å². The molecule has 0 aliphatic heterocycles. The summed E-state index contributed by atoms with van der Waals surface area (Å²) in [6.07, 6.45) is 6.43. The van der Waals surface area contributed by atoms with Crippen molar-refractivity contribution in [1.29, 1.82) is 0 Å². The lowest BCUT2D eigenvalue weighted by Gasteiger charge is -2.17. The lowest BCUT2D eigenvalue weighted by Crippen LogP contribution is -2.20. The first kappa shape index (κ1) is 34.8. The summed E-state index contributed by atoms with van der Waals surface area (Å²) in [4.78, 5) is 11.1. The van der Waals surface area contributed by atoms with Gasteiger partial charge in [0.15, 0.2) is 0 Å². The Hall–Kier alpha value is -0.690. The minimum atomic E-state index is -0.306. The number of ether oxygens (including phenoxy) is 1. The van der Waals surface area contributed by atoms with E-state index in [2.05, 4.69) is 41.5 Å². The van der Waals surface area contributed by atoms with Crippen LogP contribution in [0, 0.1) is 10.8 Å². The largest absolute Gasteiger partial charge is 0.465 e. The fraction of sp³-hybridized carbons (Fsp3) is 0.955. The quantitative estimate of drug-likeness (QED) is 0.339. The van der Waals surface area contributed by atoms with Crippen LogP contribution in [0.2, 0.25) is 0 Å². The summed E-state index contributed by atoms with van der Waals surface area (Å²) in [7, 11) is 0. The van der Waals surface area contributed by atoms with Gasteiger partial charge in [-0.3, -0.25) is 4.79 Å². The summed E-state index contributed by atoms with van der Waals surface area (Å²) in [5.41, 5.74) is -0.222. The molecule has 0 aromatic carbocycles. The van der Waals surface area contributed by atoms with Crippen LogP contribution >= 0.6 is 0 Å². The van der Waals surface area contributed by atoms with Crippen molar-refractivity contribution >= 4 is 5.97 Å². The molecule has 0 aliphatic rings. The van der Waals surface area contributed by atoms with Crippen molar-refractivity contribution in [3.8, 4) is 0 Å². The van der Waals surface area contributed by atoms with Crippen LogP contribution in [0.15, 0.2) is 0 Å². The molecule has 28 heavy (non-hydrogen) atoms. The predicted molar refractivity (Wildman–Crippen MR) is 117 cm³/mol. The maximum absolute atomic E-state index is 11.1. The van der Waals surface area contributed by atoms with Crippen molar-refractivity contribution in [3.05, 3.63) is 0 Å². The average Bonchev–Trinajstić information content (AvgIpc) is 2.67. The number of hydrogen-bond acceptors (Lipinski definition) is 6. The molecule has 0 saturated heterocycles. The highest BCUT2D eigenvalue weighted by atomic mass is 16.5. The Bertz CT molecular complexity index is 284. The minimum Gasteiger partial charge on any atom is -0.465 e. The Morgan fingerprint density at radius 1 is 0.750 bits per heavy atom. The summed E-state index contributed by atoms with van der Waals surface area (Å²) >= 11 is 0. The third-order valence-corrected chi connectivity index (χ3v) is 3.11. The fourth-order valence-corrected chi connectivity index (χ4v) is 0.939. The Morgan fingerprint density at radius 3 is 1.39 bits per heavy atom. The maximum Gasteiger partial charge on any atom is 0.305 e. The number of aliphatic hydroxyl groups excluding tert-OH is 4. The third kappa shape index (κ3) is 44.6. The van der Waals surface area contributed by atoms with E-state index in [-0.39, 0.29) is 43.2 Å². The second-order valence-electron chi connectivity index (χ2n) is 8.61. The molecule has 0 aromatic heterocycles. The Morgan fingerprint density at radius 2 is 1.18 bits per heavy atom. The molecular weight excluding hydrogens is 360 g/mol. The average molecular weight is 411 g/mol. The molecule has 0 radical (unpaired) electrons. The number of hydrogen-bond donors (Lipinski definition) is 4. The van der Waals surface area contributed by atoms with Gasteiger partial charge in [0.1, 0.15) is 0 Å². The monoisotopic (exact) mass is 410 g/mol. The third-order valence-electron chi connectivity index (χ3n) is 3.11. The van der Waals surface area contributed by atoms with E-state index < -0.39 is 0 Å². The van der Waals surface area contributed by atoms with Gasteiger partial charge in [-0.15, -0.1) is 0 Å². The van der Waals surface area contributed by atoms with Crippen LogP contribution in [0.4, 0.5) is 0 Å². The van der Waals surface area contributed by atoms with E-state index in [1.54, 1.807) is 13.8 Å². The second kappa shape index (κ2) is 24.3. The highest BCUT2D eigenvalue weighted by Gasteiger charge is 2.13. The van der Waals surface area contributed by atoms with E-state index in [1.807, 2.05) is 0 Å². The first-order chi connectivity index (χ1) is 12.9. The molecule has 0 atom stereocenters. The van der Waals surface area contributed by atoms with E-state index in [0.717, 1.165) is 19.3 Å². The molecule has 0 amide bonds. The van der Waals surface area contributed by atoms with Crippen molar-refractivity contribution < 1.29 is 30.0 Å². The van der Waals surface area contributed by atoms with Crippen molar-refractivity contribution in [2.24, 2.45) is 10.8 Å². The molecule has 6 heteroatoms. The van der Waals surface area contributed by atoms with Gasteiger partial charge in [-0.1, -0.05) is 81.1 Å². The predicted octanol–water partition coefficient (Wildman–Crippen LogP) is 3.93. The van der Waals surface area contributed by atoms with Crippen molar-refractivity contribution in [2.45, 2.75) is 93.9 Å². The van der Waals surface area contributed by atoms with Gasteiger partial charge in [-0.2, -0.15) is 0 Å². The summed E-state index contributed by atoms with van der Waals surface area (Å²) in [6.45, 7) is 16.6. The van der Waals surface area contributed by atoms with Crippen molar-refractivity contribution in [2.75, 3.05) is 33.0 Å². The van der Waals surface area contributed by atoms with Crippen molar-refractivity contribution in [3.63, 3.8) is 0 Å². The Labute approximate surface area is 174 Å². The van der Waals surface area contributed by atoms with Crippen LogP contribution < -0.4 is 0 Å². The van der Waals surface area contributed by atoms with Crippen molar-refractivity contribution in [1.82, 2.24) is 0 Å². The highest BCUT2D eigenvalue weighted by molar-refractivity contribution is 5.69. The molecule has 0 heterocycles. The van der Waals surface area contributed by atoms with Crippen LogP contribution in [0.1, 0.15) is 93.9 Å². The van der Waals surface area contributed by atoms with E-state index in [1.165, 1.54) is 12.8 Å². The first-order valence-corrected chi connectivity index (χ1v) is 10.5. The standard InChI is InChI=1S/C11H22O2.C5H12O2.C4H10.C2H6O2/c1-5-6-7-8-10(12)13-9-11(2,3)4;1-5(2,3-6)4-7;1-3-4-2;3-1-2-4/h5-9H2,1-4H3;6-7H,3-4H2,1-2H3;3-4H2,1-2H3;3-4H,1-2H2. The van der Waals surface area contributed by atoms with Gasteiger partial charge in [-0.25, -0.2) is 0 Å². The smallest absolute Gasteiger partial charge is 0.305 e. The molecule has 6 nitrogen and oxygen atoms in total. The number of rotatable bonds is 9. The molecule has 0 rings (SSSR count). The fourth-order valence-electron chi connectivity index (χ4n) is 0.939. The molecule has 0 spiro atoms. The van der Waals surface area contributed by atoms with Gasteiger partial charge < -0.3 is 25.2 Å². The number of unbranched alkanes of at least 4 members (excludes halogenated alkanes) is 3. The van der Waals surface area contributed by atoms with E-state index >= 15 is 0 Å². The number of esters is 1. The van der Waals surface area contributed by atoms with Gasteiger partial charge in [0, 0.05) is 11.8 Å². The molecule has 0 saturated carbocycles. The highest BCUT2D eigenvalue weighted by Crippen LogP contribution is 2.13. The molecule has 0 unspecified atom stereocenters. The molecule has 0 fully saturated rings. The SMILES string of the molecule is CC(C)(CO)CO.CCCC.CCCCCC(=O)OCC(C)(C)C.OCCO. The summed E-state index contributed by atoms with van der Waals surface area (Å²) in [5.74, 6) is -0.0524. The molecule has 0 aliphatic carbocycles. The topological polar surface area (TPSA) is 107 Å². The van der Waals surface area contributed by atoms with E-state index in [4.69, 9.17) is 25.2 Å². The van der Waals surface area contributed by atoms with Gasteiger partial charge >= 0.3 is 5.97 Å². The Kier molecular flexibility index (Phi) is 30.3. The summed E-state index contributed by atoms with van der Waals surface area (Å²) in [6, 6.07) is 0. The van der Waals surface area contributed by atoms with Crippen LogP contribution in [0.3, 0.4) is 0 Å². The molecule has 0 bridgehead atoms. The molecule has 4 N–H and O–H groups in total. The number of carbonyl (C=O) groups excluding carboxylic acids is 1. The van der Waals surface area contributed by atoms with Crippen LogP contribution in [-0.2, 0) is 9.53 Å². The molecule has 174 valence electrons. The zero-order valence-corrected chi connectivity index (χ0v) is 19.9. The van der Waals surface area contributed by atoms with E-state index in [0.29, 0.717) is 13.0 Å². The van der Waals surface area contributed by atoms with E-state index in [9.17, 15) is 4.79 Å². The van der Waals surface area contributed by atoms with Crippen LogP contribution in [-0.4, -0.2) is 59.4 Å². The maximum atomic E-state index is 11.1. The lowest BCUT2D eigenvalue weighted by molar-refractivity contribution is -0.146. The lowest BCUT2D eigenvalue weighted by atomic mass is 9.97. The summed E-state index contributed by atoms with van der Waals surface area (Å²) in [5, 5.41) is 32.1. The number of aliphatic hydroxyl groups is 4. The zero-order chi connectivity index (χ0) is 23.1. The van der Waals surface area contributed by atoms with Gasteiger partial charge in [0.05, 0.1) is 33.0 Å². The minimum absolute atomic E-state index is 0.0451. The Balaban J connectivity index is -0.000000160. The number of carbonyl (C=O) groups is 1. The van der Waals surface area contributed by atoms with Crippen LogP contribution in [0.5, 0.6) is 0 Å². The van der Waals surface area contributed by atoms with Crippen LogP contribution in [0.25, 0.3) is 0 Å². The summed E-state index contributed by atoms with van der Waals surface area (Å²) < 4.78 is 5.11. The molecule has 0 aromatic rings. The molecular formula is C22H50O6. The second-order valence-corrected chi connectivity index (χ2v) is 8.61. The zero-order valence-electron chi connectivity index (χ0n) is 19.9.